The maximum Gasteiger partial charge on any atom is 0.255 e. The van der Waals surface area contributed by atoms with Crippen LogP contribution in [0.3, 0.4) is 0 Å². The highest BCUT2D eigenvalue weighted by Crippen LogP contribution is 2.31. The molecular formula is C24H29ClFN3O5. The Hall–Kier alpha value is -2.88. The first kappa shape index (κ1) is 25.7. The van der Waals surface area contributed by atoms with E-state index >= 15 is 0 Å². The van der Waals surface area contributed by atoms with Crippen molar-refractivity contribution >= 4 is 29.1 Å². The second-order valence-electron chi connectivity index (χ2n) is 8.11. The lowest BCUT2D eigenvalue weighted by Gasteiger charge is -2.36. The van der Waals surface area contributed by atoms with Crippen molar-refractivity contribution in [1.29, 1.82) is 0 Å². The summed E-state index contributed by atoms with van der Waals surface area (Å²) in [5.41, 5.74) is 0.563. The Morgan fingerprint density at radius 3 is 2.65 bits per heavy atom. The molecule has 0 bridgehead atoms. The summed E-state index contributed by atoms with van der Waals surface area (Å²) in [7, 11) is 1.42. The van der Waals surface area contributed by atoms with Crippen molar-refractivity contribution in [2.45, 2.75) is 31.9 Å². The highest BCUT2D eigenvalue weighted by atomic mass is 35.5. The zero-order valence-electron chi connectivity index (χ0n) is 19.1. The predicted molar refractivity (Wildman–Crippen MR) is 127 cm³/mol. The van der Waals surface area contributed by atoms with Gasteiger partial charge >= 0.3 is 0 Å². The van der Waals surface area contributed by atoms with Crippen LogP contribution in [-0.2, 0) is 4.79 Å². The van der Waals surface area contributed by atoms with Gasteiger partial charge < -0.3 is 30.1 Å². The summed E-state index contributed by atoms with van der Waals surface area (Å²) in [4.78, 5) is 26.3. The minimum Gasteiger partial charge on any atom is -0.496 e. The van der Waals surface area contributed by atoms with E-state index < -0.39 is 18.1 Å². The molecule has 2 amide bonds. The van der Waals surface area contributed by atoms with Crippen LogP contribution in [0.2, 0.25) is 5.02 Å². The number of hydrogen-bond donors (Lipinski definition) is 3. The predicted octanol–water partition coefficient (Wildman–Crippen LogP) is 3.08. The Kier molecular flexibility index (Phi) is 9.09. The SMILES string of the molecule is COc1cc(NC(C)=O)c(Cl)cc1C(=O)N[C@H]1CCN(CCCOc2ccc(F)cc2)C[C@H]1O. The molecule has 1 aliphatic rings. The highest BCUT2D eigenvalue weighted by molar-refractivity contribution is 6.34. The number of carbonyl (C=O) groups is 2. The molecule has 34 heavy (non-hydrogen) atoms. The fourth-order valence-corrected chi connectivity index (χ4v) is 4.02. The van der Waals surface area contributed by atoms with Crippen molar-refractivity contribution in [1.82, 2.24) is 10.2 Å². The number of ether oxygens (including phenoxy) is 2. The summed E-state index contributed by atoms with van der Waals surface area (Å²) in [6.45, 7) is 3.69. The number of aliphatic hydroxyl groups is 1. The van der Waals surface area contributed by atoms with Crippen molar-refractivity contribution in [2.24, 2.45) is 0 Å². The molecule has 0 aliphatic carbocycles. The van der Waals surface area contributed by atoms with Gasteiger partial charge in [0.15, 0.2) is 0 Å². The normalized spacial score (nSPS) is 18.3. The van der Waals surface area contributed by atoms with E-state index in [0.29, 0.717) is 37.6 Å². The van der Waals surface area contributed by atoms with Gasteiger partial charge in [0.25, 0.3) is 5.91 Å². The number of hydrogen-bond acceptors (Lipinski definition) is 6. The molecule has 0 saturated carbocycles. The van der Waals surface area contributed by atoms with Crippen molar-refractivity contribution in [3.8, 4) is 11.5 Å². The van der Waals surface area contributed by atoms with Gasteiger partial charge in [-0.25, -0.2) is 4.39 Å². The van der Waals surface area contributed by atoms with Gasteiger partial charge in [-0.3, -0.25) is 9.59 Å². The summed E-state index contributed by atoms with van der Waals surface area (Å²) in [6, 6.07) is 8.39. The maximum atomic E-state index is 12.9. The van der Waals surface area contributed by atoms with E-state index in [1.807, 2.05) is 0 Å². The molecule has 2 aromatic rings. The molecule has 0 unspecified atom stereocenters. The van der Waals surface area contributed by atoms with Crippen LogP contribution in [0.1, 0.15) is 30.1 Å². The fraction of sp³-hybridized carbons (Fsp3) is 0.417. The first-order chi connectivity index (χ1) is 16.3. The number of nitrogens with zero attached hydrogens (tertiary/aromatic N) is 1. The van der Waals surface area contributed by atoms with Crippen molar-refractivity contribution in [3.05, 3.63) is 52.8 Å². The molecule has 3 N–H and O–H groups in total. The van der Waals surface area contributed by atoms with Crippen LogP contribution in [0.25, 0.3) is 0 Å². The van der Waals surface area contributed by atoms with Gasteiger partial charge in [0.2, 0.25) is 5.91 Å². The summed E-state index contributed by atoms with van der Waals surface area (Å²) in [5, 5.41) is 16.3. The van der Waals surface area contributed by atoms with Crippen LogP contribution in [0.15, 0.2) is 36.4 Å². The minimum absolute atomic E-state index is 0.208. The molecule has 3 rings (SSSR count). The molecule has 2 atom stereocenters. The summed E-state index contributed by atoms with van der Waals surface area (Å²) in [5.74, 6) is -0.140. The molecule has 8 nitrogen and oxygen atoms in total. The number of methoxy groups -OCH3 is 1. The van der Waals surface area contributed by atoms with Crippen LogP contribution in [0.5, 0.6) is 11.5 Å². The topological polar surface area (TPSA) is 100 Å². The van der Waals surface area contributed by atoms with Gasteiger partial charge in [0.1, 0.15) is 17.3 Å². The molecular weight excluding hydrogens is 465 g/mol. The zero-order valence-corrected chi connectivity index (χ0v) is 19.9. The number of aliphatic hydroxyl groups excluding tert-OH is 1. The molecule has 10 heteroatoms. The van der Waals surface area contributed by atoms with E-state index in [4.69, 9.17) is 21.1 Å². The average molecular weight is 494 g/mol. The largest absolute Gasteiger partial charge is 0.496 e. The monoisotopic (exact) mass is 493 g/mol. The van der Waals surface area contributed by atoms with Crippen molar-refractivity contribution < 1.29 is 28.6 Å². The Balaban J connectivity index is 1.49. The van der Waals surface area contributed by atoms with E-state index in [2.05, 4.69) is 15.5 Å². The van der Waals surface area contributed by atoms with E-state index in [9.17, 15) is 19.1 Å². The van der Waals surface area contributed by atoms with Crippen LogP contribution in [0.4, 0.5) is 10.1 Å². The summed E-state index contributed by atoms with van der Waals surface area (Å²) in [6.07, 6.45) is 0.583. The smallest absolute Gasteiger partial charge is 0.255 e. The van der Waals surface area contributed by atoms with Crippen LogP contribution in [-0.4, -0.2) is 67.3 Å². The van der Waals surface area contributed by atoms with Crippen LogP contribution < -0.4 is 20.1 Å². The van der Waals surface area contributed by atoms with E-state index in [1.165, 1.54) is 38.3 Å². The van der Waals surface area contributed by atoms with Crippen molar-refractivity contribution in [3.63, 3.8) is 0 Å². The lowest BCUT2D eigenvalue weighted by Crippen LogP contribution is -2.54. The molecule has 2 aromatic carbocycles. The fourth-order valence-electron chi connectivity index (χ4n) is 3.81. The van der Waals surface area contributed by atoms with E-state index in [-0.39, 0.29) is 28.1 Å². The van der Waals surface area contributed by atoms with Gasteiger partial charge in [0.05, 0.1) is 42.1 Å². The molecule has 184 valence electrons. The molecule has 1 saturated heterocycles. The van der Waals surface area contributed by atoms with Crippen LogP contribution in [0, 0.1) is 5.82 Å². The van der Waals surface area contributed by atoms with Gasteiger partial charge in [-0.2, -0.15) is 0 Å². The molecule has 0 radical (unpaired) electrons. The Morgan fingerprint density at radius 1 is 1.26 bits per heavy atom. The Labute approximate surface area is 203 Å². The minimum atomic E-state index is -0.740. The molecule has 1 fully saturated rings. The van der Waals surface area contributed by atoms with Gasteiger partial charge in [-0.05, 0) is 43.2 Å². The summed E-state index contributed by atoms with van der Waals surface area (Å²) >= 11 is 6.21. The van der Waals surface area contributed by atoms with Gasteiger partial charge in [0, 0.05) is 32.6 Å². The molecule has 1 heterocycles. The van der Waals surface area contributed by atoms with Gasteiger partial charge in [-0.15, -0.1) is 0 Å². The number of likely N-dealkylation sites (tertiary alicyclic amines) is 1. The first-order valence-electron chi connectivity index (χ1n) is 11.0. The number of benzene rings is 2. The zero-order chi connectivity index (χ0) is 24.7. The molecule has 0 aromatic heterocycles. The quantitative estimate of drug-likeness (QED) is 0.464. The number of nitrogens with one attached hydrogen (secondary N) is 2. The average Bonchev–Trinajstić information content (AvgIpc) is 2.80. The third-order valence-corrected chi connectivity index (χ3v) is 5.84. The number of halogens is 2. The van der Waals surface area contributed by atoms with Crippen LogP contribution >= 0.6 is 11.6 Å². The number of carbonyl (C=O) groups excluding carboxylic acids is 2. The third kappa shape index (κ3) is 7.06. The standard InChI is InChI=1S/C24H29ClFN3O5/c1-15(30)27-21-13-23(33-2)18(12-19(21)25)24(32)28-20-8-10-29(14-22(20)31)9-3-11-34-17-6-4-16(26)5-7-17/h4-7,12-13,20,22,31H,3,8-11,14H2,1-2H3,(H,27,30)(H,28,32)/t20-,22+/m0/s1. The third-order valence-electron chi connectivity index (χ3n) is 5.53. The summed E-state index contributed by atoms with van der Waals surface area (Å²) < 4.78 is 23.8. The van der Waals surface area contributed by atoms with Crippen molar-refractivity contribution in [2.75, 3.05) is 38.7 Å². The molecule has 0 spiro atoms. The number of amides is 2. The second-order valence-corrected chi connectivity index (χ2v) is 8.51. The van der Waals surface area contributed by atoms with Gasteiger partial charge in [-0.1, -0.05) is 11.6 Å². The number of piperidine rings is 1. The number of anilines is 1. The van der Waals surface area contributed by atoms with E-state index in [1.54, 1.807) is 12.1 Å². The number of β-amino-alcohol motifs (C(OH)–C–C–N with tert-alkyl or cyclic N) is 1. The van der Waals surface area contributed by atoms with E-state index in [0.717, 1.165) is 13.0 Å². The highest BCUT2D eigenvalue weighted by Gasteiger charge is 2.29. The molecule has 1 aliphatic heterocycles. The Bertz CT molecular complexity index is 1000. The maximum absolute atomic E-state index is 12.9. The first-order valence-corrected chi connectivity index (χ1v) is 11.4. The Morgan fingerprint density at radius 2 is 2.00 bits per heavy atom. The lowest BCUT2D eigenvalue weighted by atomic mass is 10.0. The lowest BCUT2D eigenvalue weighted by molar-refractivity contribution is -0.114. The number of rotatable bonds is 9. The second kappa shape index (κ2) is 12.0.